The summed E-state index contributed by atoms with van der Waals surface area (Å²) in [6.45, 7) is 2.04. The molecule has 0 amide bonds. The number of hydrogen-bond acceptors (Lipinski definition) is 3. The lowest BCUT2D eigenvalue weighted by Gasteiger charge is -2.00. The second kappa shape index (κ2) is 4.29. The lowest BCUT2D eigenvalue weighted by Crippen LogP contribution is -2.12. The maximum Gasteiger partial charge on any atom is 0.239 e. The fourth-order valence-corrected chi connectivity index (χ4v) is 2.73. The molecule has 2 rings (SSSR count). The Morgan fingerprint density at radius 1 is 1.47 bits per heavy atom. The average Bonchev–Trinajstić information content (AvgIpc) is 2.57. The average molecular weight is 274 g/mol. The van der Waals surface area contributed by atoms with Gasteiger partial charge >= 0.3 is 0 Å². The number of primary sulfonamides is 1. The zero-order valence-electron chi connectivity index (χ0n) is 9.20. The van der Waals surface area contributed by atoms with Gasteiger partial charge in [-0.1, -0.05) is 18.5 Å². The third-order valence-electron chi connectivity index (χ3n) is 2.38. The normalized spacial score (nSPS) is 12.2. The van der Waals surface area contributed by atoms with Crippen LogP contribution in [0.5, 0.6) is 0 Å². The van der Waals surface area contributed by atoms with Gasteiger partial charge in [-0.05, 0) is 18.6 Å². The Morgan fingerprint density at radius 2 is 2.18 bits per heavy atom. The molecule has 0 bridgehead atoms. The van der Waals surface area contributed by atoms with Gasteiger partial charge in [-0.3, -0.25) is 0 Å². The number of H-pyrrole nitrogens is 1. The fraction of sp³-hybridized carbons (Fsp3) is 0.300. The van der Waals surface area contributed by atoms with Gasteiger partial charge in [-0.15, -0.1) is 0 Å². The molecule has 1 aromatic carbocycles. The summed E-state index contributed by atoms with van der Waals surface area (Å²) in [5, 5.41) is 5.16. The number of aromatic amines is 1. The first-order valence-electron chi connectivity index (χ1n) is 5.12. The lowest BCUT2D eigenvalue weighted by atomic mass is 10.3. The third-order valence-corrected chi connectivity index (χ3v) is 3.75. The highest BCUT2D eigenvalue weighted by Gasteiger charge is 2.15. The molecule has 1 aromatic heterocycles. The number of halogens is 1. The van der Waals surface area contributed by atoms with E-state index < -0.39 is 10.0 Å². The summed E-state index contributed by atoms with van der Waals surface area (Å²) in [7, 11) is -3.81. The zero-order valence-corrected chi connectivity index (χ0v) is 10.8. The number of imidazole rings is 1. The quantitative estimate of drug-likeness (QED) is 0.894. The van der Waals surface area contributed by atoms with Crippen LogP contribution >= 0.6 is 11.6 Å². The molecule has 1 heterocycles. The topological polar surface area (TPSA) is 88.8 Å². The van der Waals surface area contributed by atoms with E-state index in [2.05, 4.69) is 9.97 Å². The van der Waals surface area contributed by atoms with Crippen LogP contribution in [0, 0.1) is 0 Å². The molecular formula is C10H12ClN3O2S. The van der Waals surface area contributed by atoms with Crippen molar-refractivity contribution in [2.24, 2.45) is 5.14 Å². The maximum atomic E-state index is 11.3. The van der Waals surface area contributed by atoms with E-state index in [1.54, 1.807) is 0 Å². The summed E-state index contributed by atoms with van der Waals surface area (Å²) in [4.78, 5) is 7.27. The van der Waals surface area contributed by atoms with Gasteiger partial charge in [0.05, 0.1) is 16.1 Å². The Kier molecular flexibility index (Phi) is 3.11. The predicted octanol–water partition coefficient (Wildman–Crippen LogP) is 1.82. The molecule has 0 saturated carbocycles. The van der Waals surface area contributed by atoms with Gasteiger partial charge in [0.15, 0.2) is 0 Å². The van der Waals surface area contributed by atoms with Crippen LogP contribution in [0.25, 0.3) is 11.0 Å². The first kappa shape index (κ1) is 12.3. The van der Waals surface area contributed by atoms with E-state index in [0.29, 0.717) is 11.0 Å². The van der Waals surface area contributed by atoms with Crippen LogP contribution in [-0.2, 0) is 16.4 Å². The number of rotatable bonds is 3. The van der Waals surface area contributed by atoms with Crippen molar-refractivity contribution in [3.63, 3.8) is 0 Å². The number of aromatic nitrogens is 2. The SMILES string of the molecule is CCCc1nc2cc(Cl)c(S(N)(=O)=O)cc2[nH]1. The summed E-state index contributed by atoms with van der Waals surface area (Å²) in [6, 6.07) is 2.92. The van der Waals surface area contributed by atoms with Crippen LogP contribution in [0.3, 0.4) is 0 Å². The molecule has 0 aliphatic carbocycles. The monoisotopic (exact) mass is 273 g/mol. The van der Waals surface area contributed by atoms with E-state index in [9.17, 15) is 8.42 Å². The second-order valence-electron chi connectivity index (χ2n) is 3.78. The largest absolute Gasteiger partial charge is 0.342 e. The first-order chi connectivity index (χ1) is 7.91. The van der Waals surface area contributed by atoms with Crippen LogP contribution in [0.1, 0.15) is 19.2 Å². The van der Waals surface area contributed by atoms with Crippen molar-refractivity contribution in [2.45, 2.75) is 24.7 Å². The minimum atomic E-state index is -3.81. The standard InChI is InChI=1S/C10H12ClN3O2S/c1-2-3-10-13-7-4-6(11)9(17(12,15)16)5-8(7)14-10/h4-5H,2-3H2,1H3,(H,13,14)(H2,12,15,16). The zero-order chi connectivity index (χ0) is 12.6. The van der Waals surface area contributed by atoms with Crippen molar-refractivity contribution >= 4 is 32.7 Å². The predicted molar refractivity (Wildman–Crippen MR) is 66.5 cm³/mol. The number of sulfonamides is 1. The molecule has 2 aromatic rings. The maximum absolute atomic E-state index is 11.3. The highest BCUT2D eigenvalue weighted by Crippen LogP contribution is 2.25. The van der Waals surface area contributed by atoms with Gasteiger partial charge < -0.3 is 4.98 Å². The number of nitrogens with two attached hydrogens (primary N) is 1. The van der Waals surface area contributed by atoms with E-state index in [0.717, 1.165) is 18.7 Å². The minimum absolute atomic E-state index is 0.0848. The Balaban J connectivity index is 2.64. The van der Waals surface area contributed by atoms with E-state index >= 15 is 0 Å². The van der Waals surface area contributed by atoms with Gasteiger partial charge in [0.1, 0.15) is 10.7 Å². The second-order valence-corrected chi connectivity index (χ2v) is 5.72. The van der Waals surface area contributed by atoms with E-state index in [-0.39, 0.29) is 9.92 Å². The van der Waals surface area contributed by atoms with E-state index in [4.69, 9.17) is 16.7 Å². The molecule has 92 valence electrons. The molecule has 3 N–H and O–H groups in total. The number of fused-ring (bicyclic) bond motifs is 1. The molecule has 0 atom stereocenters. The van der Waals surface area contributed by atoms with Gasteiger partial charge in [-0.25, -0.2) is 18.5 Å². The summed E-state index contributed by atoms with van der Waals surface area (Å²) in [5.41, 5.74) is 1.27. The van der Waals surface area contributed by atoms with Gasteiger partial charge in [-0.2, -0.15) is 0 Å². The van der Waals surface area contributed by atoms with Crippen LogP contribution in [0.2, 0.25) is 5.02 Å². The summed E-state index contributed by atoms with van der Waals surface area (Å²) >= 11 is 5.86. The molecule has 0 aliphatic heterocycles. The van der Waals surface area contributed by atoms with Gasteiger partial charge in [0, 0.05) is 6.42 Å². The van der Waals surface area contributed by atoms with Crippen molar-refractivity contribution in [3.8, 4) is 0 Å². The van der Waals surface area contributed by atoms with Crippen LogP contribution < -0.4 is 5.14 Å². The number of nitrogens with zero attached hydrogens (tertiary/aromatic N) is 1. The Labute approximate surface area is 104 Å². The summed E-state index contributed by atoms with van der Waals surface area (Å²) in [6.07, 6.45) is 1.76. The van der Waals surface area contributed by atoms with E-state index in [1.165, 1.54) is 12.1 Å². The molecule has 0 radical (unpaired) electrons. The number of hydrogen-bond donors (Lipinski definition) is 2. The molecule has 17 heavy (non-hydrogen) atoms. The third kappa shape index (κ3) is 2.43. The smallest absolute Gasteiger partial charge is 0.239 e. The van der Waals surface area contributed by atoms with Crippen LogP contribution in [-0.4, -0.2) is 18.4 Å². The Bertz CT molecular complexity index is 663. The van der Waals surface area contributed by atoms with Crippen molar-refractivity contribution in [1.29, 1.82) is 0 Å². The van der Waals surface area contributed by atoms with Crippen LogP contribution in [0.15, 0.2) is 17.0 Å². The highest BCUT2D eigenvalue weighted by molar-refractivity contribution is 7.89. The van der Waals surface area contributed by atoms with Crippen molar-refractivity contribution in [1.82, 2.24) is 9.97 Å². The number of nitrogens with one attached hydrogen (secondary N) is 1. The summed E-state index contributed by atoms with van der Waals surface area (Å²) < 4.78 is 22.6. The Morgan fingerprint density at radius 3 is 2.76 bits per heavy atom. The minimum Gasteiger partial charge on any atom is -0.342 e. The number of aryl methyl sites for hydroxylation is 1. The van der Waals surface area contributed by atoms with Gasteiger partial charge in [0.2, 0.25) is 10.0 Å². The molecular weight excluding hydrogens is 262 g/mol. The molecule has 0 fully saturated rings. The van der Waals surface area contributed by atoms with Gasteiger partial charge in [0.25, 0.3) is 0 Å². The highest BCUT2D eigenvalue weighted by atomic mass is 35.5. The first-order valence-corrected chi connectivity index (χ1v) is 7.05. The van der Waals surface area contributed by atoms with Crippen LogP contribution in [0.4, 0.5) is 0 Å². The molecule has 0 aliphatic rings. The lowest BCUT2D eigenvalue weighted by molar-refractivity contribution is 0.598. The summed E-state index contributed by atoms with van der Waals surface area (Å²) in [5.74, 6) is 0.810. The van der Waals surface area contributed by atoms with Crippen molar-refractivity contribution in [3.05, 3.63) is 23.0 Å². The molecule has 0 unspecified atom stereocenters. The Hall–Kier alpha value is -1.11. The fourth-order valence-electron chi connectivity index (χ4n) is 1.64. The van der Waals surface area contributed by atoms with E-state index in [1.807, 2.05) is 6.92 Å². The molecule has 7 heteroatoms. The van der Waals surface area contributed by atoms with Crippen molar-refractivity contribution < 1.29 is 8.42 Å². The molecule has 5 nitrogen and oxygen atoms in total. The molecule has 0 spiro atoms. The van der Waals surface area contributed by atoms with Crippen molar-refractivity contribution in [2.75, 3.05) is 0 Å². The molecule has 0 saturated heterocycles. The number of benzene rings is 1.